The monoisotopic (exact) mass is 241 g/mol. The number of carbonyl (C=O) groups is 2. The zero-order valence-corrected chi connectivity index (χ0v) is 10.7. The van der Waals surface area contributed by atoms with E-state index in [1.807, 2.05) is 6.92 Å². The van der Waals surface area contributed by atoms with Gasteiger partial charge in [-0.1, -0.05) is 12.8 Å². The molecule has 0 bridgehead atoms. The summed E-state index contributed by atoms with van der Waals surface area (Å²) in [4.78, 5) is 23.2. The van der Waals surface area contributed by atoms with Crippen LogP contribution in [0.5, 0.6) is 0 Å². The number of hydrogen-bond donors (Lipinski definition) is 3. The molecule has 0 spiro atoms. The molecule has 1 aliphatic rings. The van der Waals surface area contributed by atoms with Crippen LogP contribution in [0.4, 0.5) is 0 Å². The lowest BCUT2D eigenvalue weighted by atomic mass is 9.94. The summed E-state index contributed by atoms with van der Waals surface area (Å²) in [6.07, 6.45) is 4.30. The second-order valence-corrected chi connectivity index (χ2v) is 4.93. The number of rotatable bonds is 5. The number of amides is 2. The molecule has 1 atom stereocenters. The summed E-state index contributed by atoms with van der Waals surface area (Å²) in [7, 11) is 0. The molecule has 1 unspecified atom stereocenters. The molecule has 0 saturated heterocycles. The molecule has 1 aliphatic carbocycles. The van der Waals surface area contributed by atoms with Crippen LogP contribution in [0, 0.1) is 0 Å². The van der Waals surface area contributed by atoms with Crippen molar-refractivity contribution in [1.82, 2.24) is 10.6 Å². The zero-order chi connectivity index (χ0) is 12.9. The van der Waals surface area contributed by atoms with Crippen molar-refractivity contribution in [3.05, 3.63) is 0 Å². The van der Waals surface area contributed by atoms with Gasteiger partial charge in [0.25, 0.3) is 0 Å². The molecule has 4 N–H and O–H groups in total. The normalized spacial score (nSPS) is 19.7. The van der Waals surface area contributed by atoms with Crippen LogP contribution in [0.15, 0.2) is 0 Å². The second kappa shape index (κ2) is 6.00. The van der Waals surface area contributed by atoms with Crippen LogP contribution in [0.2, 0.25) is 0 Å². The van der Waals surface area contributed by atoms with Gasteiger partial charge in [0.2, 0.25) is 11.8 Å². The molecule has 0 aliphatic heterocycles. The van der Waals surface area contributed by atoms with Gasteiger partial charge in [0.15, 0.2) is 0 Å². The lowest BCUT2D eigenvalue weighted by Crippen LogP contribution is -2.48. The number of likely N-dealkylation sites (N-methyl/N-ethyl adjacent to an activating group) is 1. The first kappa shape index (κ1) is 14.0. The van der Waals surface area contributed by atoms with Crippen molar-refractivity contribution < 1.29 is 9.59 Å². The van der Waals surface area contributed by atoms with E-state index in [1.165, 1.54) is 0 Å². The predicted molar refractivity (Wildman–Crippen MR) is 66.3 cm³/mol. The van der Waals surface area contributed by atoms with Crippen molar-refractivity contribution in [2.75, 3.05) is 6.54 Å². The molecule has 5 nitrogen and oxygen atoms in total. The quantitative estimate of drug-likeness (QED) is 0.647. The standard InChI is InChI=1S/C12H23N3O2/c1-3-14-11(17)9(2)15-10(16)8-12(13)6-4-5-7-12/h9H,3-8,13H2,1-2H3,(H,14,17)(H,15,16). The van der Waals surface area contributed by atoms with Crippen molar-refractivity contribution >= 4 is 11.8 Å². The Kier molecular flexibility index (Phi) is 4.93. The molecule has 0 aromatic rings. The predicted octanol–water partition coefficient (Wildman–Crippen LogP) is 0.289. The Balaban J connectivity index is 2.36. The third kappa shape index (κ3) is 4.34. The first-order valence-corrected chi connectivity index (χ1v) is 6.33. The summed E-state index contributed by atoms with van der Waals surface area (Å²) in [6, 6.07) is -0.493. The van der Waals surface area contributed by atoms with Gasteiger partial charge in [-0.2, -0.15) is 0 Å². The minimum absolute atomic E-state index is 0.131. The molecular formula is C12H23N3O2. The second-order valence-electron chi connectivity index (χ2n) is 4.93. The molecule has 0 aromatic heterocycles. The van der Waals surface area contributed by atoms with Crippen molar-refractivity contribution in [3.8, 4) is 0 Å². The molecule has 1 saturated carbocycles. The summed E-state index contributed by atoms with van der Waals surface area (Å²) in [5.74, 6) is -0.286. The number of nitrogens with one attached hydrogen (secondary N) is 2. The summed E-state index contributed by atoms with van der Waals surface area (Å²) >= 11 is 0. The summed E-state index contributed by atoms with van der Waals surface area (Å²) in [5.41, 5.74) is 5.75. The van der Waals surface area contributed by atoms with Gasteiger partial charge in [-0.15, -0.1) is 0 Å². The highest BCUT2D eigenvalue weighted by molar-refractivity contribution is 5.87. The minimum Gasteiger partial charge on any atom is -0.355 e. The molecule has 0 heterocycles. The summed E-state index contributed by atoms with van der Waals surface area (Å²) in [6.45, 7) is 4.10. The third-order valence-electron chi connectivity index (χ3n) is 3.23. The molecule has 1 rings (SSSR count). The maximum absolute atomic E-state index is 11.8. The highest BCUT2D eigenvalue weighted by atomic mass is 16.2. The Morgan fingerprint density at radius 1 is 1.35 bits per heavy atom. The highest BCUT2D eigenvalue weighted by Crippen LogP contribution is 2.29. The zero-order valence-electron chi connectivity index (χ0n) is 10.7. The molecule has 0 radical (unpaired) electrons. The fourth-order valence-electron chi connectivity index (χ4n) is 2.26. The molecule has 2 amide bonds. The topological polar surface area (TPSA) is 84.2 Å². The van der Waals surface area contributed by atoms with Gasteiger partial charge in [0.05, 0.1) is 0 Å². The van der Waals surface area contributed by atoms with Crippen LogP contribution in [-0.4, -0.2) is 29.9 Å². The van der Waals surface area contributed by atoms with E-state index < -0.39 is 6.04 Å². The van der Waals surface area contributed by atoms with E-state index in [0.29, 0.717) is 13.0 Å². The first-order chi connectivity index (χ1) is 7.97. The van der Waals surface area contributed by atoms with Gasteiger partial charge in [0.1, 0.15) is 6.04 Å². The lowest BCUT2D eigenvalue weighted by molar-refractivity contribution is -0.129. The van der Waals surface area contributed by atoms with Crippen LogP contribution < -0.4 is 16.4 Å². The summed E-state index contributed by atoms with van der Waals surface area (Å²) < 4.78 is 0. The largest absolute Gasteiger partial charge is 0.355 e. The van der Waals surface area contributed by atoms with E-state index in [4.69, 9.17) is 5.73 Å². The Morgan fingerprint density at radius 2 is 1.94 bits per heavy atom. The number of carbonyl (C=O) groups excluding carboxylic acids is 2. The Hall–Kier alpha value is -1.10. The van der Waals surface area contributed by atoms with Crippen molar-refractivity contribution in [3.63, 3.8) is 0 Å². The van der Waals surface area contributed by atoms with Gasteiger partial charge in [-0.05, 0) is 26.7 Å². The summed E-state index contributed by atoms with van der Waals surface area (Å²) in [5, 5.41) is 5.35. The molecule has 17 heavy (non-hydrogen) atoms. The Morgan fingerprint density at radius 3 is 2.47 bits per heavy atom. The van der Waals surface area contributed by atoms with Crippen LogP contribution in [0.3, 0.4) is 0 Å². The van der Waals surface area contributed by atoms with Crippen molar-refractivity contribution in [2.45, 2.75) is 57.5 Å². The van der Waals surface area contributed by atoms with E-state index in [0.717, 1.165) is 25.7 Å². The van der Waals surface area contributed by atoms with Crippen LogP contribution in [0.1, 0.15) is 46.0 Å². The highest BCUT2D eigenvalue weighted by Gasteiger charge is 2.32. The van der Waals surface area contributed by atoms with Gasteiger partial charge in [-0.25, -0.2) is 0 Å². The maximum Gasteiger partial charge on any atom is 0.242 e. The number of hydrogen-bond acceptors (Lipinski definition) is 3. The average Bonchev–Trinajstić information content (AvgIpc) is 2.64. The van der Waals surface area contributed by atoms with E-state index in [2.05, 4.69) is 10.6 Å². The van der Waals surface area contributed by atoms with E-state index in [9.17, 15) is 9.59 Å². The maximum atomic E-state index is 11.8. The van der Waals surface area contributed by atoms with Crippen LogP contribution in [-0.2, 0) is 9.59 Å². The van der Waals surface area contributed by atoms with E-state index in [1.54, 1.807) is 6.92 Å². The molecule has 5 heteroatoms. The van der Waals surface area contributed by atoms with Crippen molar-refractivity contribution in [1.29, 1.82) is 0 Å². The Labute approximate surface area is 103 Å². The SMILES string of the molecule is CCNC(=O)C(C)NC(=O)CC1(N)CCCC1. The molecule has 98 valence electrons. The number of nitrogens with two attached hydrogens (primary N) is 1. The molecular weight excluding hydrogens is 218 g/mol. The fraction of sp³-hybridized carbons (Fsp3) is 0.833. The third-order valence-corrected chi connectivity index (χ3v) is 3.23. The lowest BCUT2D eigenvalue weighted by Gasteiger charge is -2.23. The first-order valence-electron chi connectivity index (χ1n) is 6.33. The van der Waals surface area contributed by atoms with Crippen LogP contribution >= 0.6 is 0 Å². The fourth-order valence-corrected chi connectivity index (χ4v) is 2.26. The van der Waals surface area contributed by atoms with Gasteiger partial charge < -0.3 is 16.4 Å². The minimum atomic E-state index is -0.493. The average molecular weight is 241 g/mol. The van der Waals surface area contributed by atoms with Crippen molar-refractivity contribution in [2.24, 2.45) is 5.73 Å². The molecule has 0 aromatic carbocycles. The van der Waals surface area contributed by atoms with Gasteiger partial charge >= 0.3 is 0 Å². The van der Waals surface area contributed by atoms with Gasteiger partial charge in [0, 0.05) is 18.5 Å². The Bertz CT molecular complexity index is 285. The smallest absolute Gasteiger partial charge is 0.242 e. The van der Waals surface area contributed by atoms with Gasteiger partial charge in [-0.3, -0.25) is 9.59 Å². The van der Waals surface area contributed by atoms with Crippen LogP contribution in [0.25, 0.3) is 0 Å². The molecule has 1 fully saturated rings. The van der Waals surface area contributed by atoms with E-state index in [-0.39, 0.29) is 17.4 Å². The van der Waals surface area contributed by atoms with E-state index >= 15 is 0 Å².